The van der Waals surface area contributed by atoms with Gasteiger partial charge in [0.1, 0.15) is 5.60 Å². The van der Waals surface area contributed by atoms with E-state index in [1.165, 1.54) is 0 Å². The molecule has 0 radical (unpaired) electrons. The Bertz CT molecular complexity index is 734. The largest absolute Gasteiger partial charge is 0.444 e. The number of piperidine rings is 1. The minimum absolute atomic E-state index is 0.205. The SMILES string of the molecule is CC(C)(C)OC(=O)N1CCCC(CNc2cccc3cccnc23)C1. The molecule has 0 bridgehead atoms. The predicted molar refractivity (Wildman–Crippen MR) is 101 cm³/mol. The maximum absolute atomic E-state index is 12.3. The highest BCUT2D eigenvalue weighted by Crippen LogP contribution is 2.23. The summed E-state index contributed by atoms with van der Waals surface area (Å²) < 4.78 is 5.50. The Labute approximate surface area is 149 Å². The van der Waals surface area contributed by atoms with Crippen LogP contribution in [0.4, 0.5) is 10.5 Å². The second-order valence-corrected chi connectivity index (χ2v) is 7.70. The molecule has 1 amide bonds. The third-order valence-corrected chi connectivity index (χ3v) is 4.38. The van der Waals surface area contributed by atoms with E-state index < -0.39 is 5.60 Å². The second-order valence-electron chi connectivity index (χ2n) is 7.70. The van der Waals surface area contributed by atoms with Gasteiger partial charge in [0.2, 0.25) is 0 Å². The van der Waals surface area contributed by atoms with Gasteiger partial charge in [-0.25, -0.2) is 4.79 Å². The molecule has 134 valence electrons. The second kappa shape index (κ2) is 7.30. The average molecular weight is 341 g/mol. The van der Waals surface area contributed by atoms with E-state index in [9.17, 15) is 4.79 Å². The topological polar surface area (TPSA) is 54.5 Å². The Hall–Kier alpha value is -2.30. The highest BCUT2D eigenvalue weighted by molar-refractivity contribution is 5.90. The fraction of sp³-hybridized carbons (Fsp3) is 0.500. The van der Waals surface area contributed by atoms with Crippen LogP contribution in [0, 0.1) is 5.92 Å². The molecular formula is C20H27N3O2. The molecule has 1 N–H and O–H groups in total. The first kappa shape index (κ1) is 17.5. The number of anilines is 1. The molecular weight excluding hydrogens is 314 g/mol. The number of nitrogens with zero attached hydrogens (tertiary/aromatic N) is 2. The maximum atomic E-state index is 12.3. The summed E-state index contributed by atoms with van der Waals surface area (Å²) in [6, 6.07) is 10.2. The van der Waals surface area contributed by atoms with Crippen LogP contribution in [0.25, 0.3) is 10.9 Å². The number of aromatic nitrogens is 1. The Morgan fingerprint density at radius 1 is 1.32 bits per heavy atom. The molecule has 1 fully saturated rings. The van der Waals surface area contributed by atoms with Gasteiger partial charge in [0.15, 0.2) is 0 Å². The number of hydrogen-bond acceptors (Lipinski definition) is 4. The lowest BCUT2D eigenvalue weighted by atomic mass is 9.98. The number of pyridine rings is 1. The molecule has 25 heavy (non-hydrogen) atoms. The summed E-state index contributed by atoms with van der Waals surface area (Å²) in [6.45, 7) is 8.06. The van der Waals surface area contributed by atoms with Crippen molar-refractivity contribution in [3.05, 3.63) is 36.5 Å². The fourth-order valence-corrected chi connectivity index (χ4v) is 3.23. The lowest BCUT2D eigenvalue weighted by molar-refractivity contribution is 0.0172. The number of carbonyl (C=O) groups is 1. The van der Waals surface area contributed by atoms with Crippen LogP contribution in [0.15, 0.2) is 36.5 Å². The number of amides is 1. The Morgan fingerprint density at radius 2 is 2.12 bits per heavy atom. The van der Waals surface area contributed by atoms with Crippen molar-refractivity contribution in [3.8, 4) is 0 Å². The van der Waals surface area contributed by atoms with Gasteiger partial charge < -0.3 is 15.0 Å². The molecule has 5 heteroatoms. The zero-order valence-corrected chi connectivity index (χ0v) is 15.3. The van der Waals surface area contributed by atoms with E-state index in [0.29, 0.717) is 5.92 Å². The molecule has 3 rings (SSSR count). The van der Waals surface area contributed by atoms with Crippen LogP contribution < -0.4 is 5.32 Å². The monoisotopic (exact) mass is 341 g/mol. The minimum Gasteiger partial charge on any atom is -0.444 e. The van der Waals surface area contributed by atoms with Gasteiger partial charge in [-0.05, 0) is 51.7 Å². The standard InChI is InChI=1S/C20H27N3O2/c1-20(2,3)25-19(24)23-12-6-7-15(14-23)13-22-17-10-4-8-16-9-5-11-21-18(16)17/h4-5,8-11,15,22H,6-7,12-14H2,1-3H3. The summed E-state index contributed by atoms with van der Waals surface area (Å²) in [4.78, 5) is 18.6. The van der Waals surface area contributed by atoms with Crippen molar-refractivity contribution < 1.29 is 9.53 Å². The molecule has 0 saturated carbocycles. The number of fused-ring (bicyclic) bond motifs is 1. The first-order chi connectivity index (χ1) is 11.9. The molecule has 1 aromatic heterocycles. The molecule has 1 unspecified atom stereocenters. The highest BCUT2D eigenvalue weighted by atomic mass is 16.6. The molecule has 5 nitrogen and oxygen atoms in total. The minimum atomic E-state index is -0.448. The van der Waals surface area contributed by atoms with E-state index in [-0.39, 0.29) is 6.09 Å². The van der Waals surface area contributed by atoms with E-state index in [1.54, 1.807) is 0 Å². The van der Waals surface area contributed by atoms with Gasteiger partial charge in [-0.15, -0.1) is 0 Å². The summed E-state index contributed by atoms with van der Waals surface area (Å²) in [5.74, 6) is 0.417. The van der Waals surface area contributed by atoms with Crippen molar-refractivity contribution in [3.63, 3.8) is 0 Å². The van der Waals surface area contributed by atoms with Gasteiger partial charge in [0.25, 0.3) is 0 Å². The number of carbonyl (C=O) groups excluding carboxylic acids is 1. The van der Waals surface area contributed by atoms with Crippen LogP contribution in [-0.2, 0) is 4.74 Å². The average Bonchev–Trinajstić information content (AvgIpc) is 2.59. The van der Waals surface area contributed by atoms with Crippen LogP contribution in [0.1, 0.15) is 33.6 Å². The molecule has 0 spiro atoms. The Morgan fingerprint density at radius 3 is 2.92 bits per heavy atom. The Kier molecular flexibility index (Phi) is 5.11. The predicted octanol–water partition coefficient (Wildman–Crippen LogP) is 4.29. The number of benzene rings is 1. The molecule has 0 aliphatic carbocycles. The zero-order chi connectivity index (χ0) is 17.9. The summed E-state index contributed by atoms with van der Waals surface area (Å²) in [7, 11) is 0. The van der Waals surface area contributed by atoms with Crippen molar-refractivity contribution >= 4 is 22.7 Å². The van der Waals surface area contributed by atoms with Crippen molar-refractivity contribution in [2.24, 2.45) is 5.92 Å². The number of para-hydroxylation sites is 1. The van der Waals surface area contributed by atoms with Crippen molar-refractivity contribution in [1.82, 2.24) is 9.88 Å². The molecule has 2 aromatic rings. The summed E-state index contributed by atoms with van der Waals surface area (Å²) in [5.41, 5.74) is 1.59. The first-order valence-electron chi connectivity index (χ1n) is 8.98. The zero-order valence-electron chi connectivity index (χ0n) is 15.3. The van der Waals surface area contributed by atoms with Crippen molar-refractivity contribution in [1.29, 1.82) is 0 Å². The van der Waals surface area contributed by atoms with Gasteiger partial charge in [0, 0.05) is 31.2 Å². The van der Waals surface area contributed by atoms with E-state index in [0.717, 1.165) is 49.1 Å². The van der Waals surface area contributed by atoms with E-state index >= 15 is 0 Å². The fourth-order valence-electron chi connectivity index (χ4n) is 3.23. The van der Waals surface area contributed by atoms with Crippen LogP contribution in [0.2, 0.25) is 0 Å². The number of hydrogen-bond donors (Lipinski definition) is 1. The van der Waals surface area contributed by atoms with Crippen LogP contribution in [-0.4, -0.2) is 41.2 Å². The third-order valence-electron chi connectivity index (χ3n) is 4.38. The van der Waals surface area contributed by atoms with Crippen LogP contribution in [0.3, 0.4) is 0 Å². The number of rotatable bonds is 3. The van der Waals surface area contributed by atoms with Crippen molar-refractivity contribution in [2.75, 3.05) is 25.0 Å². The van der Waals surface area contributed by atoms with Gasteiger partial charge in [0.05, 0.1) is 11.2 Å². The molecule has 1 aromatic carbocycles. The quantitative estimate of drug-likeness (QED) is 0.904. The molecule has 1 aliphatic heterocycles. The van der Waals surface area contributed by atoms with Crippen molar-refractivity contribution in [2.45, 2.75) is 39.2 Å². The first-order valence-corrected chi connectivity index (χ1v) is 8.98. The lowest BCUT2D eigenvalue weighted by Gasteiger charge is -2.34. The Balaban J connectivity index is 1.60. The highest BCUT2D eigenvalue weighted by Gasteiger charge is 2.27. The van der Waals surface area contributed by atoms with Gasteiger partial charge >= 0.3 is 6.09 Å². The summed E-state index contributed by atoms with van der Waals surface area (Å²) in [6.07, 6.45) is 3.74. The van der Waals surface area contributed by atoms with Gasteiger partial charge in [-0.3, -0.25) is 4.98 Å². The number of nitrogens with one attached hydrogen (secondary N) is 1. The van der Waals surface area contributed by atoms with E-state index in [2.05, 4.69) is 28.5 Å². The summed E-state index contributed by atoms with van der Waals surface area (Å²) >= 11 is 0. The van der Waals surface area contributed by atoms with Gasteiger partial charge in [-0.2, -0.15) is 0 Å². The van der Waals surface area contributed by atoms with Gasteiger partial charge in [-0.1, -0.05) is 18.2 Å². The number of likely N-dealkylation sites (tertiary alicyclic amines) is 1. The summed E-state index contributed by atoms with van der Waals surface area (Å²) in [5, 5.41) is 4.65. The maximum Gasteiger partial charge on any atom is 0.410 e. The lowest BCUT2D eigenvalue weighted by Crippen LogP contribution is -2.44. The smallest absolute Gasteiger partial charge is 0.410 e. The third kappa shape index (κ3) is 4.62. The van der Waals surface area contributed by atoms with Crippen LogP contribution in [0.5, 0.6) is 0 Å². The normalized spacial score (nSPS) is 18.2. The molecule has 1 atom stereocenters. The molecule has 1 saturated heterocycles. The number of ether oxygens (including phenoxy) is 1. The van der Waals surface area contributed by atoms with E-state index in [4.69, 9.17) is 4.74 Å². The molecule has 1 aliphatic rings. The van der Waals surface area contributed by atoms with Crippen LogP contribution >= 0.6 is 0 Å². The molecule has 2 heterocycles. The van der Waals surface area contributed by atoms with E-state index in [1.807, 2.05) is 44.0 Å².